The quantitative estimate of drug-likeness (QED) is 0.771. The molecule has 0 aliphatic rings. The summed E-state index contributed by atoms with van der Waals surface area (Å²) in [5.74, 6) is -0.210. The number of nitrogens with one attached hydrogen (secondary N) is 1. The average molecular weight is 305 g/mol. The third-order valence-electron chi connectivity index (χ3n) is 2.66. The minimum absolute atomic E-state index is 0.210. The Morgan fingerprint density at radius 3 is 2.80 bits per heavy atom. The lowest BCUT2D eigenvalue weighted by Gasteiger charge is -2.01. The highest BCUT2D eigenvalue weighted by Gasteiger charge is 2.17. The van der Waals surface area contributed by atoms with Gasteiger partial charge in [0.05, 0.1) is 17.2 Å². The highest BCUT2D eigenvalue weighted by Crippen LogP contribution is 2.30. The van der Waals surface area contributed by atoms with Crippen molar-refractivity contribution in [3.05, 3.63) is 33.4 Å². The van der Waals surface area contributed by atoms with Crippen LogP contribution in [0.2, 0.25) is 0 Å². The Labute approximate surface area is 122 Å². The molecule has 0 aliphatic heterocycles. The second kappa shape index (κ2) is 5.14. The van der Waals surface area contributed by atoms with Crippen LogP contribution in [0, 0.1) is 6.92 Å². The highest BCUT2D eigenvalue weighted by molar-refractivity contribution is 7.21. The number of carbonyl (C=O) groups is 1. The van der Waals surface area contributed by atoms with Gasteiger partial charge in [-0.2, -0.15) is 0 Å². The van der Waals surface area contributed by atoms with Crippen molar-refractivity contribution in [1.29, 1.82) is 0 Å². The fourth-order valence-electron chi connectivity index (χ4n) is 1.75. The normalized spacial score (nSPS) is 10.8. The maximum Gasteiger partial charge on any atom is 0.263 e. The van der Waals surface area contributed by atoms with Gasteiger partial charge in [0.1, 0.15) is 15.2 Å². The van der Waals surface area contributed by atoms with Crippen molar-refractivity contribution in [2.75, 3.05) is 5.73 Å². The number of aryl methyl sites for hydroxylation is 1. The number of thiophene rings is 1. The zero-order chi connectivity index (χ0) is 14.1. The zero-order valence-corrected chi connectivity index (χ0v) is 12.2. The summed E-state index contributed by atoms with van der Waals surface area (Å²) in [5, 5.41) is 3.81. The minimum atomic E-state index is -0.210. The van der Waals surface area contributed by atoms with Gasteiger partial charge in [-0.25, -0.2) is 15.0 Å². The third kappa shape index (κ3) is 2.35. The number of fused-ring (bicyclic) bond motifs is 1. The molecule has 6 nitrogen and oxygen atoms in total. The number of aromatic nitrogens is 3. The van der Waals surface area contributed by atoms with Gasteiger partial charge in [-0.05, 0) is 6.92 Å². The van der Waals surface area contributed by atoms with Crippen LogP contribution in [0.4, 0.5) is 5.69 Å². The Morgan fingerprint density at radius 1 is 1.30 bits per heavy atom. The second-order valence-electron chi connectivity index (χ2n) is 4.08. The van der Waals surface area contributed by atoms with Crippen molar-refractivity contribution >= 4 is 44.6 Å². The molecule has 0 radical (unpaired) electrons. The monoisotopic (exact) mass is 305 g/mol. The van der Waals surface area contributed by atoms with Gasteiger partial charge in [0, 0.05) is 23.5 Å². The largest absolute Gasteiger partial charge is 0.396 e. The van der Waals surface area contributed by atoms with Crippen LogP contribution >= 0.6 is 22.7 Å². The standard InChI is InChI=1S/C12H11N5OS2/c1-6-16-4-7(19-6)5-17-11(18)10-8(13)9-12(20-10)15-3-2-14-9/h2-4H,5,13H2,1H3,(H,17,18). The van der Waals surface area contributed by atoms with Crippen LogP contribution in [0.1, 0.15) is 19.6 Å². The second-order valence-corrected chi connectivity index (χ2v) is 6.40. The van der Waals surface area contributed by atoms with Gasteiger partial charge in [0.25, 0.3) is 5.91 Å². The number of nitrogens with zero attached hydrogens (tertiary/aromatic N) is 3. The zero-order valence-electron chi connectivity index (χ0n) is 10.6. The molecule has 0 atom stereocenters. The van der Waals surface area contributed by atoms with Gasteiger partial charge in [-0.15, -0.1) is 22.7 Å². The van der Waals surface area contributed by atoms with Crippen LogP contribution in [-0.2, 0) is 6.54 Å². The van der Waals surface area contributed by atoms with Crippen LogP contribution < -0.4 is 11.1 Å². The number of anilines is 1. The van der Waals surface area contributed by atoms with E-state index in [1.165, 1.54) is 11.3 Å². The lowest BCUT2D eigenvalue weighted by atomic mass is 10.3. The van der Waals surface area contributed by atoms with Crippen molar-refractivity contribution in [2.45, 2.75) is 13.5 Å². The molecule has 0 fully saturated rings. The van der Waals surface area contributed by atoms with E-state index in [1.54, 1.807) is 29.9 Å². The van der Waals surface area contributed by atoms with Crippen LogP contribution in [0.3, 0.4) is 0 Å². The van der Waals surface area contributed by atoms with Crippen LogP contribution in [-0.4, -0.2) is 20.9 Å². The first-order chi connectivity index (χ1) is 9.65. The van der Waals surface area contributed by atoms with Crippen molar-refractivity contribution in [3.8, 4) is 0 Å². The van der Waals surface area contributed by atoms with Gasteiger partial charge in [-0.1, -0.05) is 0 Å². The van der Waals surface area contributed by atoms with Gasteiger partial charge in [-0.3, -0.25) is 4.79 Å². The predicted molar refractivity (Wildman–Crippen MR) is 79.8 cm³/mol. The molecule has 0 saturated heterocycles. The van der Waals surface area contributed by atoms with Crippen molar-refractivity contribution < 1.29 is 4.79 Å². The van der Waals surface area contributed by atoms with Crippen LogP contribution in [0.15, 0.2) is 18.6 Å². The van der Waals surface area contributed by atoms with Crippen molar-refractivity contribution in [1.82, 2.24) is 20.3 Å². The lowest BCUT2D eigenvalue weighted by molar-refractivity contribution is 0.0956. The maximum atomic E-state index is 12.2. The van der Waals surface area contributed by atoms with E-state index in [0.29, 0.717) is 27.5 Å². The first-order valence-corrected chi connectivity index (χ1v) is 7.47. The van der Waals surface area contributed by atoms with Crippen molar-refractivity contribution in [3.63, 3.8) is 0 Å². The number of nitrogen functional groups attached to an aromatic ring is 1. The third-order valence-corrected chi connectivity index (χ3v) is 4.68. The smallest absolute Gasteiger partial charge is 0.263 e. The fourth-order valence-corrected chi connectivity index (χ4v) is 3.42. The first kappa shape index (κ1) is 12.9. The Bertz CT molecular complexity index is 779. The number of hydrogen-bond acceptors (Lipinski definition) is 7. The Kier molecular flexibility index (Phi) is 3.33. The van der Waals surface area contributed by atoms with Gasteiger partial charge >= 0.3 is 0 Å². The summed E-state index contributed by atoms with van der Waals surface area (Å²) < 4.78 is 0. The van der Waals surface area contributed by atoms with E-state index in [4.69, 9.17) is 5.73 Å². The molecule has 102 valence electrons. The molecule has 0 aliphatic carbocycles. The van der Waals surface area contributed by atoms with E-state index in [2.05, 4.69) is 20.3 Å². The van der Waals surface area contributed by atoms with E-state index in [0.717, 1.165) is 9.88 Å². The molecule has 0 saturated carbocycles. The minimum Gasteiger partial charge on any atom is -0.396 e. The molecule has 3 aromatic heterocycles. The van der Waals surface area contributed by atoms with Crippen LogP contribution in [0.25, 0.3) is 10.3 Å². The van der Waals surface area contributed by atoms with Crippen LogP contribution in [0.5, 0.6) is 0 Å². The molecule has 3 N–H and O–H groups in total. The molecule has 3 heterocycles. The number of carbonyl (C=O) groups excluding carboxylic acids is 1. The fraction of sp³-hybridized carbons (Fsp3) is 0.167. The highest BCUT2D eigenvalue weighted by atomic mass is 32.1. The number of rotatable bonds is 3. The summed E-state index contributed by atoms with van der Waals surface area (Å²) in [5.41, 5.74) is 6.92. The summed E-state index contributed by atoms with van der Waals surface area (Å²) in [6, 6.07) is 0. The Hall–Kier alpha value is -2.06. The van der Waals surface area contributed by atoms with E-state index >= 15 is 0 Å². The Morgan fingerprint density at radius 2 is 2.10 bits per heavy atom. The number of amides is 1. The molecule has 0 aromatic carbocycles. The number of thiazole rings is 1. The molecule has 0 bridgehead atoms. The molecule has 0 spiro atoms. The van der Waals surface area contributed by atoms with Gasteiger partial charge < -0.3 is 11.1 Å². The summed E-state index contributed by atoms with van der Waals surface area (Å²) in [6.07, 6.45) is 4.91. The molecule has 8 heteroatoms. The number of nitrogens with two attached hydrogens (primary N) is 1. The maximum absolute atomic E-state index is 12.2. The summed E-state index contributed by atoms with van der Waals surface area (Å²) in [4.78, 5) is 26.7. The Balaban J connectivity index is 1.80. The molecular formula is C12H11N5OS2. The molecule has 3 rings (SSSR count). The first-order valence-electron chi connectivity index (χ1n) is 5.83. The average Bonchev–Trinajstić information content (AvgIpc) is 3.01. The topological polar surface area (TPSA) is 93.8 Å². The molecule has 3 aromatic rings. The molecule has 0 unspecified atom stereocenters. The van der Waals surface area contributed by atoms with Gasteiger partial charge in [0.15, 0.2) is 0 Å². The molecule has 20 heavy (non-hydrogen) atoms. The van der Waals surface area contributed by atoms with Gasteiger partial charge in [0.2, 0.25) is 0 Å². The van der Waals surface area contributed by atoms with Crippen molar-refractivity contribution in [2.24, 2.45) is 0 Å². The molecular weight excluding hydrogens is 294 g/mol. The van der Waals surface area contributed by atoms with E-state index in [1.807, 2.05) is 6.92 Å². The SMILES string of the molecule is Cc1ncc(CNC(=O)c2sc3nccnc3c2N)s1. The van der Waals surface area contributed by atoms with E-state index in [9.17, 15) is 4.79 Å². The van der Waals surface area contributed by atoms with E-state index < -0.39 is 0 Å². The van der Waals surface area contributed by atoms with E-state index in [-0.39, 0.29) is 5.91 Å². The lowest BCUT2D eigenvalue weighted by Crippen LogP contribution is -2.22. The summed E-state index contributed by atoms with van der Waals surface area (Å²) >= 11 is 2.81. The molecule has 1 amide bonds. The predicted octanol–water partition coefficient (Wildman–Crippen LogP) is 1.97. The summed E-state index contributed by atoms with van der Waals surface area (Å²) in [7, 11) is 0. The summed E-state index contributed by atoms with van der Waals surface area (Å²) in [6.45, 7) is 2.37. The number of hydrogen-bond donors (Lipinski definition) is 2.